The van der Waals surface area contributed by atoms with E-state index in [1.165, 1.54) is 6.07 Å². The van der Waals surface area contributed by atoms with Gasteiger partial charge in [-0.15, -0.1) is 0 Å². The predicted octanol–water partition coefficient (Wildman–Crippen LogP) is 2.47. The zero-order chi connectivity index (χ0) is 18.4. The summed E-state index contributed by atoms with van der Waals surface area (Å²) in [5.74, 6) is 1.43. The van der Waals surface area contributed by atoms with Gasteiger partial charge in [0, 0.05) is 56.9 Å². The molecule has 0 bridgehead atoms. The minimum Gasteiger partial charge on any atom is -0.493 e. The van der Waals surface area contributed by atoms with Crippen LogP contribution in [-0.2, 0) is 9.53 Å². The molecule has 0 N–H and O–H groups in total. The maximum Gasteiger partial charge on any atom is 0.227 e. The van der Waals surface area contributed by atoms with Gasteiger partial charge >= 0.3 is 0 Å². The van der Waals surface area contributed by atoms with Crippen LogP contribution in [-0.4, -0.2) is 61.7 Å². The van der Waals surface area contributed by atoms with Gasteiger partial charge in [-0.25, -0.2) is 4.39 Å². The summed E-state index contributed by atoms with van der Waals surface area (Å²) in [4.78, 5) is 17.5. The van der Waals surface area contributed by atoms with E-state index in [0.29, 0.717) is 12.5 Å². The molecule has 0 aliphatic carbocycles. The molecule has 3 atom stereocenters. The Hall–Kier alpha value is -1.66. The van der Waals surface area contributed by atoms with Crippen molar-refractivity contribution in [3.05, 3.63) is 29.6 Å². The molecule has 5 rings (SSSR count). The normalized spacial score (nSPS) is 31.0. The van der Waals surface area contributed by atoms with Crippen LogP contribution in [0.15, 0.2) is 18.2 Å². The Labute approximate surface area is 159 Å². The second-order valence-electron chi connectivity index (χ2n) is 8.40. The standard InChI is InChI=1S/C21H27FN2O3/c22-15-2-3-19-16(10-15)20-18(13-27-19)17(21(25)23-6-1-7-23)12-24(20)11-14-4-8-26-9-5-14/h2-3,10,14,17-18,20H,1,4-9,11-13H2/t17-,18+,20+/m1/s1. The number of likely N-dealkylation sites (tertiary alicyclic amines) is 2. The zero-order valence-electron chi connectivity index (χ0n) is 15.6. The molecule has 1 aromatic carbocycles. The molecule has 0 unspecified atom stereocenters. The number of nitrogens with zero attached hydrogens (tertiary/aromatic N) is 2. The van der Waals surface area contributed by atoms with Gasteiger partial charge < -0.3 is 14.4 Å². The Morgan fingerprint density at radius 2 is 2.04 bits per heavy atom. The van der Waals surface area contributed by atoms with E-state index in [1.807, 2.05) is 4.90 Å². The smallest absolute Gasteiger partial charge is 0.227 e. The molecule has 3 saturated heterocycles. The molecular formula is C21H27FN2O3. The predicted molar refractivity (Wildman–Crippen MR) is 97.9 cm³/mol. The lowest BCUT2D eigenvalue weighted by Crippen LogP contribution is -2.47. The number of ether oxygens (including phenoxy) is 2. The first-order valence-corrected chi connectivity index (χ1v) is 10.2. The number of hydrogen-bond acceptors (Lipinski definition) is 4. The topological polar surface area (TPSA) is 42.0 Å². The molecule has 0 radical (unpaired) electrons. The Bertz CT molecular complexity index is 717. The highest BCUT2D eigenvalue weighted by molar-refractivity contribution is 5.80. The molecular weight excluding hydrogens is 347 g/mol. The Balaban J connectivity index is 1.44. The number of rotatable bonds is 3. The van der Waals surface area contributed by atoms with Gasteiger partial charge in [0.1, 0.15) is 11.6 Å². The minimum absolute atomic E-state index is 0.0495. The Morgan fingerprint density at radius 3 is 2.78 bits per heavy atom. The van der Waals surface area contributed by atoms with Crippen LogP contribution in [0.4, 0.5) is 4.39 Å². The third-order valence-corrected chi connectivity index (χ3v) is 6.79. The number of halogens is 1. The van der Waals surface area contributed by atoms with Crippen LogP contribution in [0.25, 0.3) is 0 Å². The quantitative estimate of drug-likeness (QED) is 0.815. The fourth-order valence-corrected chi connectivity index (χ4v) is 5.18. The van der Waals surface area contributed by atoms with Crippen molar-refractivity contribution in [1.82, 2.24) is 9.80 Å². The van der Waals surface area contributed by atoms with E-state index in [4.69, 9.17) is 9.47 Å². The van der Waals surface area contributed by atoms with Gasteiger partial charge in [0.05, 0.1) is 12.5 Å². The summed E-state index contributed by atoms with van der Waals surface area (Å²) in [5.41, 5.74) is 0.914. The van der Waals surface area contributed by atoms with Gasteiger partial charge in [-0.1, -0.05) is 0 Å². The molecule has 0 saturated carbocycles. The summed E-state index contributed by atoms with van der Waals surface area (Å²) in [7, 11) is 0. The van der Waals surface area contributed by atoms with Gasteiger partial charge in [0.15, 0.2) is 0 Å². The second-order valence-corrected chi connectivity index (χ2v) is 8.40. The van der Waals surface area contributed by atoms with Crippen LogP contribution in [0.3, 0.4) is 0 Å². The fraction of sp³-hybridized carbons (Fsp3) is 0.667. The zero-order valence-corrected chi connectivity index (χ0v) is 15.6. The summed E-state index contributed by atoms with van der Waals surface area (Å²) in [6.45, 7) is 5.62. The summed E-state index contributed by atoms with van der Waals surface area (Å²) >= 11 is 0. The van der Waals surface area contributed by atoms with E-state index >= 15 is 0 Å². The average molecular weight is 374 g/mol. The molecule has 4 heterocycles. The number of benzene rings is 1. The highest BCUT2D eigenvalue weighted by Crippen LogP contribution is 2.48. The molecule has 5 nitrogen and oxygen atoms in total. The molecule has 4 aliphatic rings. The van der Waals surface area contributed by atoms with Crippen LogP contribution >= 0.6 is 0 Å². The maximum atomic E-state index is 14.0. The molecule has 1 amide bonds. The maximum absolute atomic E-state index is 14.0. The molecule has 1 aromatic rings. The summed E-state index contributed by atoms with van der Waals surface area (Å²) in [6.07, 6.45) is 3.22. The first-order valence-electron chi connectivity index (χ1n) is 10.2. The van der Waals surface area contributed by atoms with Crippen molar-refractivity contribution < 1.29 is 18.7 Å². The van der Waals surface area contributed by atoms with E-state index in [9.17, 15) is 9.18 Å². The van der Waals surface area contributed by atoms with Crippen molar-refractivity contribution >= 4 is 5.91 Å². The second kappa shape index (κ2) is 7.06. The van der Waals surface area contributed by atoms with Crippen molar-refractivity contribution in [3.8, 4) is 5.75 Å². The molecule has 4 aliphatic heterocycles. The first kappa shape index (κ1) is 17.4. The fourth-order valence-electron chi connectivity index (χ4n) is 5.18. The van der Waals surface area contributed by atoms with Gasteiger partial charge in [0.2, 0.25) is 5.91 Å². The van der Waals surface area contributed by atoms with Crippen molar-refractivity contribution in [2.45, 2.75) is 25.3 Å². The highest BCUT2D eigenvalue weighted by Gasteiger charge is 2.50. The van der Waals surface area contributed by atoms with E-state index in [2.05, 4.69) is 4.90 Å². The lowest BCUT2D eigenvalue weighted by atomic mass is 9.84. The van der Waals surface area contributed by atoms with Gasteiger partial charge in [0.25, 0.3) is 0 Å². The third-order valence-electron chi connectivity index (χ3n) is 6.79. The number of carbonyl (C=O) groups is 1. The number of amides is 1. The molecule has 0 spiro atoms. The molecule has 146 valence electrons. The van der Waals surface area contributed by atoms with Crippen LogP contribution in [0, 0.1) is 23.6 Å². The number of hydrogen-bond donors (Lipinski definition) is 0. The molecule has 6 heteroatoms. The number of carbonyl (C=O) groups excluding carboxylic acids is 1. The average Bonchev–Trinajstić information content (AvgIpc) is 3.00. The van der Waals surface area contributed by atoms with Crippen LogP contribution in [0.5, 0.6) is 5.75 Å². The van der Waals surface area contributed by atoms with E-state index in [0.717, 1.165) is 70.0 Å². The lowest BCUT2D eigenvalue weighted by molar-refractivity contribution is -0.140. The van der Waals surface area contributed by atoms with Gasteiger partial charge in [-0.2, -0.15) is 0 Å². The summed E-state index contributed by atoms with van der Waals surface area (Å²) in [5, 5.41) is 0. The van der Waals surface area contributed by atoms with Crippen molar-refractivity contribution in [2.75, 3.05) is 46.0 Å². The summed E-state index contributed by atoms with van der Waals surface area (Å²) in [6, 6.07) is 4.87. The van der Waals surface area contributed by atoms with E-state index < -0.39 is 0 Å². The van der Waals surface area contributed by atoms with Gasteiger partial charge in [-0.05, 0) is 43.4 Å². The number of fused-ring (bicyclic) bond motifs is 3. The highest BCUT2D eigenvalue weighted by atomic mass is 19.1. The Morgan fingerprint density at radius 1 is 1.22 bits per heavy atom. The van der Waals surface area contributed by atoms with E-state index in [1.54, 1.807) is 12.1 Å². The largest absolute Gasteiger partial charge is 0.493 e. The van der Waals surface area contributed by atoms with Crippen LogP contribution < -0.4 is 4.74 Å². The SMILES string of the molecule is O=C([C@@H]1CN(CC2CCOCC2)[C@H]2c3cc(F)ccc3OC[C@@H]12)N1CCC1. The van der Waals surface area contributed by atoms with Crippen molar-refractivity contribution in [2.24, 2.45) is 17.8 Å². The molecule has 3 fully saturated rings. The Kier molecular flexibility index (Phi) is 4.56. The molecule has 0 aromatic heterocycles. The van der Waals surface area contributed by atoms with E-state index in [-0.39, 0.29) is 29.6 Å². The van der Waals surface area contributed by atoms with Crippen molar-refractivity contribution in [1.29, 1.82) is 0 Å². The van der Waals surface area contributed by atoms with Crippen LogP contribution in [0.1, 0.15) is 30.9 Å². The lowest BCUT2D eigenvalue weighted by Gasteiger charge is -2.37. The monoisotopic (exact) mass is 374 g/mol. The van der Waals surface area contributed by atoms with Crippen LogP contribution in [0.2, 0.25) is 0 Å². The minimum atomic E-state index is -0.235. The third kappa shape index (κ3) is 3.13. The van der Waals surface area contributed by atoms with Gasteiger partial charge in [-0.3, -0.25) is 9.69 Å². The van der Waals surface area contributed by atoms with Crippen molar-refractivity contribution in [3.63, 3.8) is 0 Å². The molecule has 27 heavy (non-hydrogen) atoms. The first-order chi connectivity index (χ1) is 13.2. The summed E-state index contributed by atoms with van der Waals surface area (Å²) < 4.78 is 25.5.